The third kappa shape index (κ3) is 5.30. The molecule has 0 saturated carbocycles. The number of benzene rings is 2. The molecule has 28 heavy (non-hydrogen) atoms. The maximum absolute atomic E-state index is 13.0. The number of nitrogens with zero attached hydrogens (tertiary/aromatic N) is 1. The van der Waals surface area contributed by atoms with Crippen molar-refractivity contribution in [2.24, 2.45) is 0 Å². The van der Waals surface area contributed by atoms with E-state index in [-0.39, 0.29) is 10.7 Å². The lowest BCUT2D eigenvalue weighted by atomic mass is 10.2. The van der Waals surface area contributed by atoms with Gasteiger partial charge in [-0.3, -0.25) is 0 Å². The summed E-state index contributed by atoms with van der Waals surface area (Å²) in [6, 6.07) is 12.2. The highest BCUT2D eigenvalue weighted by atomic mass is 32.2. The smallest absolute Gasteiger partial charge is 0.330 e. The lowest BCUT2D eigenvalue weighted by Crippen LogP contribution is -3.11. The number of aryl methyl sites for hydroxylation is 1. The van der Waals surface area contributed by atoms with Crippen LogP contribution in [0, 0.1) is 12.7 Å². The van der Waals surface area contributed by atoms with Crippen LogP contribution in [0.3, 0.4) is 0 Å². The number of rotatable bonds is 4. The van der Waals surface area contributed by atoms with E-state index in [0.717, 1.165) is 30.6 Å². The molecule has 8 heteroatoms. The molecule has 1 aliphatic heterocycles. The van der Waals surface area contributed by atoms with Crippen LogP contribution in [0.2, 0.25) is 0 Å². The Balaban J connectivity index is 1.57. The molecular weight excluding hydrogens is 381 g/mol. The Morgan fingerprint density at radius 3 is 2.43 bits per heavy atom. The van der Waals surface area contributed by atoms with Crippen LogP contribution in [0.25, 0.3) is 0 Å². The van der Waals surface area contributed by atoms with Gasteiger partial charge in [-0.25, -0.2) is 22.3 Å². The highest BCUT2D eigenvalue weighted by molar-refractivity contribution is 7.90. The first-order valence-corrected chi connectivity index (χ1v) is 10.8. The zero-order chi connectivity index (χ0) is 20.1. The molecule has 1 unspecified atom stereocenters. The summed E-state index contributed by atoms with van der Waals surface area (Å²) in [5, 5.41) is 0. The van der Waals surface area contributed by atoms with E-state index in [1.54, 1.807) is 29.2 Å². The zero-order valence-corrected chi connectivity index (χ0v) is 16.6. The Morgan fingerprint density at radius 1 is 1.07 bits per heavy atom. The molecule has 2 N–H and O–H groups in total. The number of halogens is 1. The molecule has 150 valence electrons. The van der Waals surface area contributed by atoms with Gasteiger partial charge in [0.15, 0.2) is 0 Å². The van der Waals surface area contributed by atoms with Crippen molar-refractivity contribution in [3.8, 4) is 0 Å². The SMILES string of the molecule is Cc1ccc(S(=O)(=O)NC(=O)N2CCC[NH+](Cc3ccc(F)cc3)CC2)cc1. The average molecular weight is 407 g/mol. The van der Waals surface area contributed by atoms with Crippen LogP contribution in [0.5, 0.6) is 0 Å². The van der Waals surface area contributed by atoms with Crippen LogP contribution in [0.1, 0.15) is 17.5 Å². The van der Waals surface area contributed by atoms with Crippen molar-refractivity contribution in [2.45, 2.75) is 24.8 Å². The minimum atomic E-state index is -3.89. The summed E-state index contributed by atoms with van der Waals surface area (Å²) in [7, 11) is -3.89. The molecule has 1 aliphatic rings. The van der Waals surface area contributed by atoms with E-state index < -0.39 is 16.1 Å². The Kier molecular flexibility index (Phi) is 6.31. The summed E-state index contributed by atoms with van der Waals surface area (Å²) >= 11 is 0. The van der Waals surface area contributed by atoms with E-state index in [1.807, 2.05) is 6.92 Å². The fourth-order valence-corrected chi connectivity index (χ4v) is 4.25. The first kappa shape index (κ1) is 20.3. The van der Waals surface area contributed by atoms with Crippen molar-refractivity contribution in [1.29, 1.82) is 0 Å². The second-order valence-electron chi connectivity index (χ2n) is 7.12. The van der Waals surface area contributed by atoms with E-state index in [2.05, 4.69) is 4.72 Å². The molecule has 0 spiro atoms. The van der Waals surface area contributed by atoms with Gasteiger partial charge in [-0.15, -0.1) is 0 Å². The van der Waals surface area contributed by atoms with E-state index in [0.29, 0.717) is 19.6 Å². The third-order valence-electron chi connectivity index (χ3n) is 4.90. The summed E-state index contributed by atoms with van der Waals surface area (Å²) in [5.74, 6) is -0.257. The highest BCUT2D eigenvalue weighted by Gasteiger charge is 2.25. The van der Waals surface area contributed by atoms with Gasteiger partial charge in [-0.1, -0.05) is 29.8 Å². The van der Waals surface area contributed by atoms with Crippen molar-refractivity contribution in [3.63, 3.8) is 0 Å². The van der Waals surface area contributed by atoms with Crippen LogP contribution in [-0.4, -0.2) is 45.5 Å². The highest BCUT2D eigenvalue weighted by Crippen LogP contribution is 2.10. The molecule has 0 bridgehead atoms. The molecule has 1 saturated heterocycles. The molecule has 3 rings (SSSR count). The van der Waals surface area contributed by atoms with Crippen molar-refractivity contribution >= 4 is 16.1 Å². The third-order valence-corrected chi connectivity index (χ3v) is 6.24. The Hall–Kier alpha value is -2.45. The summed E-state index contributed by atoms with van der Waals surface area (Å²) in [4.78, 5) is 15.4. The first-order valence-electron chi connectivity index (χ1n) is 9.30. The fourth-order valence-electron chi connectivity index (χ4n) is 3.28. The predicted octanol–water partition coefficient (Wildman–Crippen LogP) is 1.32. The molecule has 0 aliphatic carbocycles. The second kappa shape index (κ2) is 8.70. The lowest BCUT2D eigenvalue weighted by molar-refractivity contribution is -0.911. The monoisotopic (exact) mass is 406 g/mol. The molecule has 2 amide bonds. The maximum Gasteiger partial charge on any atom is 0.331 e. The van der Waals surface area contributed by atoms with E-state index in [4.69, 9.17) is 0 Å². The van der Waals surface area contributed by atoms with Gasteiger partial charge in [0.05, 0.1) is 24.5 Å². The predicted molar refractivity (Wildman–Crippen MR) is 104 cm³/mol. The molecule has 0 aromatic heterocycles. The topological polar surface area (TPSA) is 70.9 Å². The molecular formula is C20H25FN3O3S+. The molecule has 2 aromatic rings. The van der Waals surface area contributed by atoms with Crippen molar-refractivity contribution in [2.75, 3.05) is 26.2 Å². The minimum Gasteiger partial charge on any atom is -0.330 e. The Labute approximate surface area is 165 Å². The standard InChI is InChI=1S/C20H24FN3O3S/c1-16-3-9-19(10-4-16)28(26,27)22-20(25)24-12-2-11-23(13-14-24)15-17-5-7-18(21)8-6-17/h3-10H,2,11-15H2,1H3,(H,22,25)/p+1. The normalized spacial score (nSPS) is 17.8. The molecule has 1 atom stereocenters. The zero-order valence-electron chi connectivity index (χ0n) is 15.8. The number of amides is 2. The van der Waals surface area contributed by atoms with E-state index in [1.165, 1.54) is 29.2 Å². The molecule has 2 aromatic carbocycles. The van der Waals surface area contributed by atoms with Crippen LogP contribution in [-0.2, 0) is 16.6 Å². The number of quaternary nitrogens is 1. The Bertz CT molecular complexity index is 915. The van der Waals surface area contributed by atoms with Crippen molar-refractivity contribution in [3.05, 3.63) is 65.5 Å². The summed E-state index contributed by atoms with van der Waals surface area (Å²) < 4.78 is 40.1. The van der Waals surface area contributed by atoms with Gasteiger partial charge in [0.2, 0.25) is 0 Å². The van der Waals surface area contributed by atoms with Gasteiger partial charge in [-0.05, 0) is 31.2 Å². The van der Waals surface area contributed by atoms with Crippen LogP contribution in [0.4, 0.5) is 9.18 Å². The number of carbonyl (C=O) groups excluding carboxylic acids is 1. The van der Waals surface area contributed by atoms with E-state index in [9.17, 15) is 17.6 Å². The van der Waals surface area contributed by atoms with Gasteiger partial charge in [0.25, 0.3) is 10.0 Å². The number of carbonyl (C=O) groups is 1. The van der Waals surface area contributed by atoms with Gasteiger partial charge in [0, 0.05) is 18.5 Å². The van der Waals surface area contributed by atoms with Crippen LogP contribution < -0.4 is 9.62 Å². The number of hydrogen-bond donors (Lipinski definition) is 2. The summed E-state index contributed by atoms with van der Waals surface area (Å²) in [6.07, 6.45) is 0.772. The van der Waals surface area contributed by atoms with Gasteiger partial charge >= 0.3 is 6.03 Å². The number of hydrogen-bond acceptors (Lipinski definition) is 3. The maximum atomic E-state index is 13.0. The Morgan fingerprint density at radius 2 is 1.75 bits per heavy atom. The van der Waals surface area contributed by atoms with Gasteiger partial charge in [-0.2, -0.15) is 0 Å². The average Bonchev–Trinajstić information content (AvgIpc) is 2.89. The minimum absolute atomic E-state index is 0.0739. The number of nitrogens with one attached hydrogen (secondary N) is 2. The van der Waals surface area contributed by atoms with Crippen LogP contribution >= 0.6 is 0 Å². The molecule has 1 fully saturated rings. The van der Waals surface area contributed by atoms with Crippen LogP contribution in [0.15, 0.2) is 53.4 Å². The fraction of sp³-hybridized carbons (Fsp3) is 0.350. The summed E-state index contributed by atoms with van der Waals surface area (Å²) in [5.41, 5.74) is 1.98. The molecule has 6 nitrogen and oxygen atoms in total. The van der Waals surface area contributed by atoms with Gasteiger partial charge < -0.3 is 9.80 Å². The quantitative estimate of drug-likeness (QED) is 0.805. The second-order valence-corrected chi connectivity index (χ2v) is 8.80. The number of sulfonamides is 1. The lowest BCUT2D eigenvalue weighted by Gasteiger charge is -2.20. The van der Waals surface area contributed by atoms with Crippen molar-refractivity contribution in [1.82, 2.24) is 9.62 Å². The number of urea groups is 1. The molecule has 1 heterocycles. The van der Waals surface area contributed by atoms with E-state index >= 15 is 0 Å². The van der Waals surface area contributed by atoms with Crippen molar-refractivity contribution < 1.29 is 22.5 Å². The first-order chi connectivity index (χ1) is 13.3. The van der Waals surface area contributed by atoms with Gasteiger partial charge in [0.1, 0.15) is 12.4 Å². The molecule has 0 radical (unpaired) electrons. The largest absolute Gasteiger partial charge is 0.331 e. The summed E-state index contributed by atoms with van der Waals surface area (Å²) in [6.45, 7) is 5.15.